The van der Waals surface area contributed by atoms with Crippen LogP contribution in [0.25, 0.3) is 0 Å². The Morgan fingerprint density at radius 1 is 1.02 bits per heavy atom. The van der Waals surface area contributed by atoms with Crippen LogP contribution in [0.15, 0.2) is 37.4 Å². The van der Waals surface area contributed by atoms with Gasteiger partial charge in [-0.3, -0.25) is 4.79 Å². The Hall–Kier alpha value is -3.04. The van der Waals surface area contributed by atoms with Crippen molar-refractivity contribution in [2.45, 2.75) is 88.9 Å². The molecule has 2 aliphatic rings. The molecule has 1 saturated carbocycles. The summed E-state index contributed by atoms with van der Waals surface area (Å²) in [6.07, 6.45) is 9.91. The number of esters is 1. The molecule has 0 spiro atoms. The molecule has 2 fully saturated rings. The number of hydrogen-bond donors (Lipinski definition) is 1. The minimum absolute atomic E-state index is 0.0895. The molecule has 0 unspecified atom stereocenters. The molecule has 9 heteroatoms. The lowest BCUT2D eigenvalue weighted by Gasteiger charge is -2.39. The summed E-state index contributed by atoms with van der Waals surface area (Å²) in [5, 5.41) is 9.68. The average molecular weight is 588 g/mol. The largest absolute Gasteiger partial charge is 0.493 e. The number of aliphatic hydroxyl groups excluding tert-OH is 1. The molecule has 0 bridgehead atoms. The standard InChI is InChI=1S/C33H49NO8/c1-6-13-26(21-35)42-33(37)27-16-11-12-17-34(27)32(36)30(24-14-9-8-10-15-24)25-19-28(38-4)31(39-5)29(20-25)41-23(3)22-40-18-7-2/h6-7,19-20,23-24,26-27,30,35H,1-2,8-18,21-22H2,3-5H3/t23-,26-,27-,30-/m0/s1. The topological polar surface area (TPSA) is 104 Å². The van der Waals surface area contributed by atoms with Crippen LogP contribution in [0.2, 0.25) is 0 Å². The fourth-order valence-corrected chi connectivity index (χ4v) is 6.08. The van der Waals surface area contributed by atoms with Crippen LogP contribution in [0.4, 0.5) is 0 Å². The molecular formula is C33H49NO8. The van der Waals surface area contributed by atoms with E-state index in [-0.39, 0.29) is 24.5 Å². The van der Waals surface area contributed by atoms with Crippen molar-refractivity contribution < 1.29 is 38.4 Å². The number of benzene rings is 1. The lowest BCUT2D eigenvalue weighted by atomic mass is 9.75. The number of amides is 1. The van der Waals surface area contributed by atoms with Crippen LogP contribution in [0.3, 0.4) is 0 Å². The summed E-state index contributed by atoms with van der Waals surface area (Å²) in [5.74, 6) is 0.445. The smallest absolute Gasteiger partial charge is 0.329 e. The van der Waals surface area contributed by atoms with Crippen molar-refractivity contribution in [3.63, 3.8) is 0 Å². The maximum atomic E-state index is 14.6. The van der Waals surface area contributed by atoms with Gasteiger partial charge < -0.3 is 33.7 Å². The molecule has 234 valence electrons. The van der Waals surface area contributed by atoms with Gasteiger partial charge in [-0.25, -0.2) is 4.79 Å². The van der Waals surface area contributed by atoms with E-state index in [9.17, 15) is 14.7 Å². The van der Waals surface area contributed by atoms with E-state index < -0.39 is 24.0 Å². The van der Waals surface area contributed by atoms with Crippen molar-refractivity contribution in [1.29, 1.82) is 0 Å². The van der Waals surface area contributed by atoms with Gasteiger partial charge in [0.25, 0.3) is 0 Å². The highest BCUT2D eigenvalue weighted by Crippen LogP contribution is 2.45. The summed E-state index contributed by atoms with van der Waals surface area (Å²) in [6.45, 7) is 10.2. The van der Waals surface area contributed by atoms with Crippen molar-refractivity contribution in [2.75, 3.05) is 40.6 Å². The molecule has 1 aliphatic carbocycles. The first-order valence-corrected chi connectivity index (χ1v) is 15.2. The second-order valence-electron chi connectivity index (χ2n) is 11.2. The normalized spacial score (nSPS) is 19.7. The number of likely N-dealkylation sites (tertiary alicyclic amines) is 1. The van der Waals surface area contributed by atoms with Crippen molar-refractivity contribution in [3.8, 4) is 17.2 Å². The predicted molar refractivity (Wildman–Crippen MR) is 161 cm³/mol. The van der Waals surface area contributed by atoms with Gasteiger partial charge in [-0.1, -0.05) is 31.4 Å². The molecule has 4 atom stereocenters. The van der Waals surface area contributed by atoms with Crippen LogP contribution in [0.5, 0.6) is 17.2 Å². The Labute approximate surface area is 250 Å². The SMILES string of the molecule is C=CCOC[C@H](C)Oc1cc([C@@H](C(=O)N2CCCC[C@H]2C(=O)O[C@H](CO)CC=C)C2CCCCC2)cc(OC)c1OC. The molecule has 1 saturated heterocycles. The zero-order chi connectivity index (χ0) is 30.5. The highest BCUT2D eigenvalue weighted by Gasteiger charge is 2.41. The zero-order valence-electron chi connectivity index (χ0n) is 25.6. The molecule has 0 radical (unpaired) electrons. The van der Waals surface area contributed by atoms with Crippen LogP contribution >= 0.6 is 0 Å². The third kappa shape index (κ3) is 8.74. The third-order valence-corrected chi connectivity index (χ3v) is 8.10. The first-order valence-electron chi connectivity index (χ1n) is 15.2. The number of piperidine rings is 1. The number of aliphatic hydroxyl groups is 1. The van der Waals surface area contributed by atoms with Gasteiger partial charge in [0.15, 0.2) is 11.5 Å². The fraction of sp³-hybridized carbons (Fsp3) is 0.636. The first-order chi connectivity index (χ1) is 20.4. The molecule has 3 rings (SSSR count). The van der Waals surface area contributed by atoms with Gasteiger partial charge in [0.05, 0.1) is 40.0 Å². The van der Waals surface area contributed by atoms with Gasteiger partial charge in [-0.15, -0.1) is 13.2 Å². The summed E-state index contributed by atoms with van der Waals surface area (Å²) in [6, 6.07) is 3.05. The molecule has 1 amide bonds. The van der Waals surface area contributed by atoms with Crippen LogP contribution in [-0.4, -0.2) is 80.7 Å². The molecule has 42 heavy (non-hydrogen) atoms. The van der Waals surface area contributed by atoms with Crippen molar-refractivity contribution in [3.05, 3.63) is 43.0 Å². The fourth-order valence-electron chi connectivity index (χ4n) is 6.08. The molecule has 1 aromatic carbocycles. The lowest BCUT2D eigenvalue weighted by Crippen LogP contribution is -2.51. The van der Waals surface area contributed by atoms with E-state index >= 15 is 0 Å². The van der Waals surface area contributed by atoms with Gasteiger partial charge in [0, 0.05) is 13.0 Å². The highest BCUT2D eigenvalue weighted by atomic mass is 16.6. The number of hydrogen-bond acceptors (Lipinski definition) is 8. The van der Waals surface area contributed by atoms with Crippen LogP contribution < -0.4 is 14.2 Å². The third-order valence-electron chi connectivity index (χ3n) is 8.10. The van der Waals surface area contributed by atoms with Crippen molar-refractivity contribution in [1.82, 2.24) is 4.90 Å². The monoisotopic (exact) mass is 587 g/mol. The molecule has 1 aromatic rings. The zero-order valence-corrected chi connectivity index (χ0v) is 25.6. The Bertz CT molecular complexity index is 1040. The maximum absolute atomic E-state index is 14.6. The lowest BCUT2D eigenvalue weighted by molar-refractivity contribution is -0.163. The quantitative estimate of drug-likeness (QED) is 0.160. The molecule has 1 N–H and O–H groups in total. The highest BCUT2D eigenvalue weighted by molar-refractivity contribution is 5.89. The summed E-state index contributed by atoms with van der Waals surface area (Å²) in [5.41, 5.74) is 0.774. The summed E-state index contributed by atoms with van der Waals surface area (Å²) >= 11 is 0. The van der Waals surface area contributed by atoms with Gasteiger partial charge in [0.1, 0.15) is 18.2 Å². The van der Waals surface area contributed by atoms with Gasteiger partial charge in [-0.2, -0.15) is 0 Å². The average Bonchev–Trinajstić information content (AvgIpc) is 3.01. The van der Waals surface area contributed by atoms with Crippen LogP contribution in [-0.2, 0) is 19.1 Å². The Balaban J connectivity index is 1.99. The minimum atomic E-state index is -0.700. The van der Waals surface area contributed by atoms with E-state index in [4.69, 9.17) is 23.7 Å². The number of carbonyl (C=O) groups excluding carboxylic acids is 2. The van der Waals surface area contributed by atoms with Gasteiger partial charge >= 0.3 is 5.97 Å². The summed E-state index contributed by atoms with van der Waals surface area (Å²) < 4.78 is 28.9. The van der Waals surface area contributed by atoms with Crippen molar-refractivity contribution >= 4 is 11.9 Å². The van der Waals surface area contributed by atoms with E-state index in [0.29, 0.717) is 49.8 Å². The Kier molecular flexibility index (Phi) is 13.7. The van der Waals surface area contributed by atoms with E-state index in [1.807, 2.05) is 19.1 Å². The van der Waals surface area contributed by atoms with Crippen LogP contribution in [0.1, 0.15) is 76.2 Å². The molecule has 0 aromatic heterocycles. The molecule has 1 heterocycles. The second-order valence-corrected chi connectivity index (χ2v) is 11.2. The van der Waals surface area contributed by atoms with E-state index in [1.54, 1.807) is 31.3 Å². The number of methoxy groups -OCH3 is 2. The van der Waals surface area contributed by atoms with Gasteiger partial charge in [0.2, 0.25) is 11.7 Å². The van der Waals surface area contributed by atoms with Crippen molar-refractivity contribution in [2.24, 2.45) is 5.92 Å². The van der Waals surface area contributed by atoms with Gasteiger partial charge in [-0.05, 0) is 62.6 Å². The molecule has 9 nitrogen and oxygen atoms in total. The molecule has 1 aliphatic heterocycles. The molecular weight excluding hydrogens is 538 g/mol. The number of carbonyl (C=O) groups is 2. The second kappa shape index (κ2) is 17.2. The van der Waals surface area contributed by atoms with E-state index in [1.165, 1.54) is 0 Å². The minimum Gasteiger partial charge on any atom is -0.493 e. The van der Waals surface area contributed by atoms with E-state index in [0.717, 1.165) is 50.5 Å². The van der Waals surface area contributed by atoms with E-state index in [2.05, 4.69) is 13.2 Å². The number of nitrogens with zero attached hydrogens (tertiary/aromatic N) is 1. The van der Waals surface area contributed by atoms with Crippen LogP contribution in [0, 0.1) is 5.92 Å². The number of rotatable bonds is 16. The Morgan fingerprint density at radius 2 is 1.74 bits per heavy atom. The summed E-state index contributed by atoms with van der Waals surface area (Å²) in [4.78, 5) is 29.6. The Morgan fingerprint density at radius 3 is 2.38 bits per heavy atom. The number of ether oxygens (including phenoxy) is 5. The summed E-state index contributed by atoms with van der Waals surface area (Å²) in [7, 11) is 3.12. The predicted octanol–water partition coefficient (Wildman–Crippen LogP) is 5.20. The first kappa shape index (κ1) is 33.5. The maximum Gasteiger partial charge on any atom is 0.329 e.